The molecule has 0 aromatic carbocycles. The molecular weight excluding hydrogens is 198 g/mol. The van der Waals surface area contributed by atoms with E-state index in [1.807, 2.05) is 0 Å². The number of hydrogen-bond donors (Lipinski definition) is 1. The molecule has 7 heteroatoms. The highest BCUT2D eigenvalue weighted by Crippen LogP contribution is 1.90. The van der Waals surface area contributed by atoms with Crippen LogP contribution < -0.4 is 0 Å². The van der Waals surface area contributed by atoms with E-state index in [-0.39, 0.29) is 0 Å². The van der Waals surface area contributed by atoms with Crippen LogP contribution in [0.1, 0.15) is 0 Å². The van der Waals surface area contributed by atoms with Gasteiger partial charge in [0.25, 0.3) is 10.1 Å². The van der Waals surface area contributed by atoms with Gasteiger partial charge >= 0.3 is 0 Å². The van der Waals surface area contributed by atoms with Crippen LogP contribution in [0.5, 0.6) is 0 Å². The molecule has 0 atom stereocenters. The zero-order valence-corrected chi connectivity index (χ0v) is 8.16. The molecular formula is C6H13NO5S. The molecule has 1 aliphatic rings. The van der Waals surface area contributed by atoms with Crippen LogP contribution in [-0.2, 0) is 19.6 Å². The third kappa shape index (κ3) is 11.3. The molecule has 1 saturated heterocycles. The molecule has 0 bridgehead atoms. The first-order valence-corrected chi connectivity index (χ1v) is 5.48. The lowest BCUT2D eigenvalue weighted by molar-refractivity contribution is -0.121. The van der Waals surface area contributed by atoms with E-state index in [0.717, 1.165) is 19.5 Å². The molecule has 1 amide bonds. The second-order valence-electron chi connectivity index (χ2n) is 2.49. The molecule has 0 aliphatic carbocycles. The minimum absolute atomic E-state index is 0.693. The van der Waals surface area contributed by atoms with Gasteiger partial charge in [0.1, 0.15) is 0 Å². The first kappa shape index (κ1) is 12.3. The highest BCUT2D eigenvalue weighted by atomic mass is 32.2. The highest BCUT2D eigenvalue weighted by Gasteiger charge is 2.05. The maximum Gasteiger partial charge on any atom is 0.261 e. The number of hydrogen-bond acceptors (Lipinski definition) is 4. The van der Waals surface area contributed by atoms with Gasteiger partial charge in [0.15, 0.2) is 0 Å². The summed E-state index contributed by atoms with van der Waals surface area (Å²) in [7, 11) is -3.67. The molecule has 1 aliphatic heterocycles. The van der Waals surface area contributed by atoms with Crippen molar-refractivity contribution in [3.63, 3.8) is 0 Å². The number of nitrogens with zero attached hydrogens (tertiary/aromatic N) is 1. The molecule has 0 aromatic rings. The minimum Gasteiger partial charge on any atom is -0.378 e. The summed E-state index contributed by atoms with van der Waals surface area (Å²) in [5, 5.41) is 0. The molecule has 13 heavy (non-hydrogen) atoms. The summed E-state index contributed by atoms with van der Waals surface area (Å²) in [6, 6.07) is 0. The molecule has 0 unspecified atom stereocenters. The Labute approximate surface area is 77.2 Å². The lowest BCUT2D eigenvalue weighted by Crippen LogP contribution is -2.34. The van der Waals surface area contributed by atoms with E-state index in [1.54, 1.807) is 4.90 Å². The predicted molar refractivity (Wildman–Crippen MR) is 45.9 cm³/mol. The number of rotatable bonds is 1. The second kappa shape index (κ2) is 5.90. The first-order chi connectivity index (χ1) is 5.93. The van der Waals surface area contributed by atoms with Crippen molar-refractivity contribution in [1.82, 2.24) is 4.90 Å². The molecule has 6 nitrogen and oxygen atoms in total. The van der Waals surface area contributed by atoms with Crippen molar-refractivity contribution in [3.8, 4) is 0 Å². The lowest BCUT2D eigenvalue weighted by Gasteiger charge is -2.21. The van der Waals surface area contributed by atoms with E-state index >= 15 is 0 Å². The molecule has 1 fully saturated rings. The Morgan fingerprint density at radius 3 is 2.00 bits per heavy atom. The summed E-state index contributed by atoms with van der Waals surface area (Å²) in [6.07, 6.45) is 1.58. The molecule has 0 saturated carbocycles. The summed E-state index contributed by atoms with van der Waals surface area (Å²) in [6.45, 7) is 2.89. The molecule has 1 N–H and O–H groups in total. The standard InChI is InChI=1S/C5H9NO2.CH4O3S/c7-5-6-1-3-8-4-2-6;1-5(2,3)4/h5H,1-4H2;1H3,(H,2,3,4). The van der Waals surface area contributed by atoms with Gasteiger partial charge in [-0.3, -0.25) is 9.35 Å². The SMILES string of the molecule is CS(=O)(=O)O.O=CN1CCOCC1. The van der Waals surface area contributed by atoms with Crippen molar-refractivity contribution in [1.29, 1.82) is 0 Å². The van der Waals surface area contributed by atoms with Gasteiger partial charge in [0.05, 0.1) is 19.5 Å². The number of carbonyl (C=O) groups excluding carboxylic acids is 1. The summed E-state index contributed by atoms with van der Waals surface area (Å²) in [4.78, 5) is 11.7. The zero-order valence-electron chi connectivity index (χ0n) is 7.34. The molecule has 0 radical (unpaired) electrons. The molecule has 1 heterocycles. The van der Waals surface area contributed by atoms with Crippen molar-refractivity contribution in [2.75, 3.05) is 32.6 Å². The predicted octanol–water partition coefficient (Wildman–Crippen LogP) is -1.02. The van der Waals surface area contributed by atoms with Crippen molar-refractivity contribution in [2.45, 2.75) is 0 Å². The monoisotopic (exact) mass is 211 g/mol. The summed E-state index contributed by atoms with van der Waals surface area (Å²) in [5.41, 5.74) is 0. The van der Waals surface area contributed by atoms with E-state index in [4.69, 9.17) is 9.29 Å². The average molecular weight is 211 g/mol. The Morgan fingerprint density at radius 2 is 1.77 bits per heavy atom. The Morgan fingerprint density at radius 1 is 1.38 bits per heavy atom. The van der Waals surface area contributed by atoms with Gasteiger partial charge < -0.3 is 9.64 Å². The third-order valence-electron chi connectivity index (χ3n) is 1.19. The summed E-state index contributed by atoms with van der Waals surface area (Å²) in [5.74, 6) is 0. The van der Waals surface area contributed by atoms with Gasteiger partial charge in [0, 0.05) is 13.1 Å². The van der Waals surface area contributed by atoms with E-state index in [2.05, 4.69) is 0 Å². The van der Waals surface area contributed by atoms with E-state index < -0.39 is 10.1 Å². The van der Waals surface area contributed by atoms with E-state index in [1.165, 1.54) is 0 Å². The van der Waals surface area contributed by atoms with Crippen LogP contribution in [0, 0.1) is 0 Å². The summed E-state index contributed by atoms with van der Waals surface area (Å²) >= 11 is 0. The van der Waals surface area contributed by atoms with E-state index in [0.29, 0.717) is 19.5 Å². The van der Waals surface area contributed by atoms with Crippen LogP contribution in [0.3, 0.4) is 0 Å². The molecule has 78 valence electrons. The fourth-order valence-corrected chi connectivity index (χ4v) is 0.683. The number of ether oxygens (including phenoxy) is 1. The lowest BCUT2D eigenvalue weighted by atomic mass is 10.5. The Hall–Kier alpha value is -0.660. The quantitative estimate of drug-likeness (QED) is 0.443. The van der Waals surface area contributed by atoms with Crippen LogP contribution in [0.4, 0.5) is 0 Å². The van der Waals surface area contributed by atoms with Crippen molar-refractivity contribution in [2.24, 2.45) is 0 Å². The number of morpholine rings is 1. The van der Waals surface area contributed by atoms with E-state index in [9.17, 15) is 13.2 Å². The average Bonchev–Trinajstić information content (AvgIpc) is 2.03. The summed E-state index contributed by atoms with van der Waals surface area (Å²) < 4.78 is 30.9. The third-order valence-corrected chi connectivity index (χ3v) is 1.19. The van der Waals surface area contributed by atoms with Crippen LogP contribution in [0.25, 0.3) is 0 Å². The van der Waals surface area contributed by atoms with Crippen LogP contribution in [-0.4, -0.2) is 56.8 Å². The molecule has 1 rings (SSSR count). The van der Waals surface area contributed by atoms with Gasteiger partial charge in [-0.1, -0.05) is 0 Å². The Balaban J connectivity index is 0.000000252. The van der Waals surface area contributed by atoms with Gasteiger partial charge in [0.2, 0.25) is 6.41 Å². The van der Waals surface area contributed by atoms with Gasteiger partial charge in [-0.25, -0.2) is 0 Å². The largest absolute Gasteiger partial charge is 0.378 e. The fraction of sp³-hybridized carbons (Fsp3) is 0.833. The molecule has 0 spiro atoms. The maximum absolute atomic E-state index is 10.0. The Bertz CT molecular complexity index is 223. The van der Waals surface area contributed by atoms with Gasteiger partial charge in [-0.2, -0.15) is 8.42 Å². The highest BCUT2D eigenvalue weighted by molar-refractivity contribution is 7.85. The maximum atomic E-state index is 10.0. The fourth-order valence-electron chi connectivity index (χ4n) is 0.683. The van der Waals surface area contributed by atoms with Crippen LogP contribution in [0.2, 0.25) is 0 Å². The number of amides is 1. The Kier molecular flexibility index (Phi) is 5.60. The smallest absolute Gasteiger partial charge is 0.261 e. The van der Waals surface area contributed by atoms with Crippen molar-refractivity contribution in [3.05, 3.63) is 0 Å². The normalized spacial score (nSPS) is 17.2. The molecule has 0 aromatic heterocycles. The van der Waals surface area contributed by atoms with Crippen LogP contribution >= 0.6 is 0 Å². The van der Waals surface area contributed by atoms with Crippen LogP contribution in [0.15, 0.2) is 0 Å². The number of carbonyl (C=O) groups is 1. The zero-order chi connectivity index (χ0) is 10.3. The van der Waals surface area contributed by atoms with Crippen molar-refractivity contribution >= 4 is 16.5 Å². The van der Waals surface area contributed by atoms with Gasteiger partial charge in [-0.15, -0.1) is 0 Å². The second-order valence-corrected chi connectivity index (χ2v) is 3.95. The minimum atomic E-state index is -3.67. The van der Waals surface area contributed by atoms with Gasteiger partial charge in [-0.05, 0) is 0 Å². The topological polar surface area (TPSA) is 83.9 Å². The first-order valence-electron chi connectivity index (χ1n) is 3.63. The van der Waals surface area contributed by atoms with Crippen molar-refractivity contribution < 1.29 is 22.5 Å².